The van der Waals surface area contributed by atoms with Crippen molar-refractivity contribution in [3.8, 4) is 11.1 Å². The Hall–Kier alpha value is -3.64. The van der Waals surface area contributed by atoms with E-state index in [4.69, 9.17) is 0 Å². The molecular formula is C33H28. The van der Waals surface area contributed by atoms with Crippen molar-refractivity contribution in [1.29, 1.82) is 0 Å². The van der Waals surface area contributed by atoms with Gasteiger partial charge >= 0.3 is 0 Å². The Kier molecular flexibility index (Phi) is 4.35. The number of aryl methyl sites for hydroxylation is 4. The van der Waals surface area contributed by atoms with Crippen LogP contribution in [0.1, 0.15) is 44.5 Å². The molecule has 0 saturated heterocycles. The summed E-state index contributed by atoms with van der Waals surface area (Å²) in [6, 6.07) is 36.3. The predicted molar refractivity (Wildman–Crippen MR) is 140 cm³/mol. The van der Waals surface area contributed by atoms with Gasteiger partial charge in [0.05, 0.1) is 5.41 Å². The molecule has 6 rings (SSSR count). The van der Waals surface area contributed by atoms with E-state index in [0.29, 0.717) is 0 Å². The SMILES string of the molecule is Cc1ccc2c(c1)C(c1ccccc1C)(c1ccccc1C)c1cc(C)c3ccccc3c1-2. The van der Waals surface area contributed by atoms with Crippen molar-refractivity contribution in [2.75, 3.05) is 0 Å². The highest BCUT2D eigenvalue weighted by Gasteiger charge is 2.48. The smallest absolute Gasteiger partial charge is 0.0620 e. The third kappa shape index (κ3) is 2.64. The molecule has 160 valence electrons. The van der Waals surface area contributed by atoms with Crippen LogP contribution in [0.5, 0.6) is 0 Å². The first-order chi connectivity index (χ1) is 16.0. The Morgan fingerprint density at radius 3 is 1.67 bits per heavy atom. The van der Waals surface area contributed by atoms with Gasteiger partial charge in [-0.05, 0) is 88.5 Å². The third-order valence-corrected chi connectivity index (χ3v) is 7.60. The molecule has 0 fully saturated rings. The van der Waals surface area contributed by atoms with Gasteiger partial charge in [-0.25, -0.2) is 0 Å². The van der Waals surface area contributed by atoms with Gasteiger partial charge in [-0.15, -0.1) is 0 Å². The molecule has 0 amide bonds. The fourth-order valence-corrected chi connectivity index (χ4v) is 6.19. The second kappa shape index (κ2) is 7.18. The second-order valence-electron chi connectivity index (χ2n) is 9.59. The van der Waals surface area contributed by atoms with Crippen molar-refractivity contribution in [1.82, 2.24) is 0 Å². The topological polar surface area (TPSA) is 0 Å². The maximum atomic E-state index is 2.46. The van der Waals surface area contributed by atoms with Gasteiger partial charge < -0.3 is 0 Å². The van der Waals surface area contributed by atoms with Crippen molar-refractivity contribution in [2.24, 2.45) is 0 Å². The first-order valence-electron chi connectivity index (χ1n) is 11.8. The Morgan fingerprint density at radius 1 is 0.455 bits per heavy atom. The molecule has 5 aromatic carbocycles. The summed E-state index contributed by atoms with van der Waals surface area (Å²) in [4.78, 5) is 0. The Bertz CT molecular complexity index is 1500. The van der Waals surface area contributed by atoms with Gasteiger partial charge in [0.2, 0.25) is 0 Å². The summed E-state index contributed by atoms with van der Waals surface area (Å²) >= 11 is 0. The summed E-state index contributed by atoms with van der Waals surface area (Å²) < 4.78 is 0. The van der Waals surface area contributed by atoms with Crippen molar-refractivity contribution < 1.29 is 0 Å². The Labute approximate surface area is 196 Å². The van der Waals surface area contributed by atoms with Gasteiger partial charge in [0.1, 0.15) is 0 Å². The highest BCUT2D eigenvalue weighted by molar-refractivity contribution is 6.05. The third-order valence-electron chi connectivity index (χ3n) is 7.60. The summed E-state index contributed by atoms with van der Waals surface area (Å²) in [5.41, 5.74) is 13.2. The van der Waals surface area contributed by atoms with E-state index in [2.05, 4.69) is 125 Å². The van der Waals surface area contributed by atoms with Gasteiger partial charge in [0.25, 0.3) is 0 Å². The minimum absolute atomic E-state index is 0.345. The fraction of sp³-hybridized carbons (Fsp3) is 0.152. The Balaban J connectivity index is 1.92. The molecule has 0 bridgehead atoms. The molecule has 0 saturated carbocycles. The summed E-state index contributed by atoms with van der Waals surface area (Å²) in [7, 11) is 0. The Morgan fingerprint density at radius 2 is 1.03 bits per heavy atom. The second-order valence-corrected chi connectivity index (χ2v) is 9.59. The van der Waals surface area contributed by atoms with E-state index in [1.54, 1.807) is 0 Å². The number of rotatable bonds is 2. The van der Waals surface area contributed by atoms with Crippen LogP contribution < -0.4 is 0 Å². The molecule has 0 N–H and O–H groups in total. The molecule has 5 aromatic rings. The standard InChI is InChI=1S/C33H28/c1-21-17-18-27-30(19-21)33(28-15-9-5-11-22(28)2,29-16-10-6-12-23(29)3)31-20-24(4)25-13-7-8-14-26(25)32(27)31/h5-20H,1-4H3. The van der Waals surface area contributed by atoms with Crippen LogP contribution in [0.15, 0.2) is 97.1 Å². The molecule has 0 heterocycles. The van der Waals surface area contributed by atoms with Crippen molar-refractivity contribution in [3.05, 3.63) is 142 Å². The van der Waals surface area contributed by atoms with Gasteiger partial charge in [0, 0.05) is 0 Å². The van der Waals surface area contributed by atoms with Crippen LogP contribution in [0.4, 0.5) is 0 Å². The lowest BCUT2D eigenvalue weighted by Crippen LogP contribution is -2.30. The van der Waals surface area contributed by atoms with Crippen LogP contribution in [0.2, 0.25) is 0 Å². The summed E-state index contributed by atoms with van der Waals surface area (Å²) in [6.45, 7) is 9.00. The highest BCUT2D eigenvalue weighted by atomic mass is 14.5. The first-order valence-corrected chi connectivity index (χ1v) is 11.8. The van der Waals surface area contributed by atoms with Gasteiger partial charge in [0.15, 0.2) is 0 Å². The highest BCUT2D eigenvalue weighted by Crippen LogP contribution is 2.59. The predicted octanol–water partition coefficient (Wildman–Crippen LogP) is 8.44. The van der Waals surface area contributed by atoms with Crippen molar-refractivity contribution in [3.63, 3.8) is 0 Å². The van der Waals surface area contributed by atoms with Crippen molar-refractivity contribution >= 4 is 10.8 Å². The minimum Gasteiger partial charge on any atom is -0.0620 e. The van der Waals surface area contributed by atoms with Crippen LogP contribution in [0, 0.1) is 27.7 Å². The minimum atomic E-state index is -0.345. The summed E-state index contributed by atoms with van der Waals surface area (Å²) in [6.07, 6.45) is 0. The fourth-order valence-electron chi connectivity index (χ4n) is 6.19. The lowest BCUT2D eigenvalue weighted by molar-refractivity contribution is 0.753. The molecule has 0 atom stereocenters. The van der Waals surface area contributed by atoms with Gasteiger partial charge in [-0.1, -0.05) is 103 Å². The molecule has 1 aliphatic rings. The molecule has 0 radical (unpaired) electrons. The summed E-state index contributed by atoms with van der Waals surface area (Å²) in [5, 5.41) is 2.69. The average Bonchev–Trinajstić information content (AvgIpc) is 3.10. The maximum Gasteiger partial charge on any atom is 0.0719 e. The quantitative estimate of drug-likeness (QED) is 0.262. The zero-order valence-electron chi connectivity index (χ0n) is 19.7. The van der Waals surface area contributed by atoms with E-state index in [-0.39, 0.29) is 5.41 Å². The van der Waals surface area contributed by atoms with Crippen LogP contribution in [0.3, 0.4) is 0 Å². The molecule has 0 spiro atoms. The van der Waals surface area contributed by atoms with Gasteiger partial charge in [-0.3, -0.25) is 0 Å². The number of hydrogen-bond acceptors (Lipinski definition) is 0. The van der Waals surface area contributed by atoms with E-state index in [1.807, 2.05) is 0 Å². The van der Waals surface area contributed by atoms with Crippen molar-refractivity contribution in [2.45, 2.75) is 33.1 Å². The maximum absolute atomic E-state index is 2.46. The molecule has 0 nitrogen and oxygen atoms in total. The van der Waals surface area contributed by atoms with Crippen LogP contribution >= 0.6 is 0 Å². The van der Waals surface area contributed by atoms with E-state index in [0.717, 1.165) is 0 Å². The van der Waals surface area contributed by atoms with Crippen LogP contribution in [-0.4, -0.2) is 0 Å². The number of fused-ring (bicyclic) bond motifs is 5. The van der Waals surface area contributed by atoms with Crippen LogP contribution in [-0.2, 0) is 5.41 Å². The lowest BCUT2D eigenvalue weighted by atomic mass is 9.65. The lowest BCUT2D eigenvalue weighted by Gasteiger charge is -2.36. The van der Waals surface area contributed by atoms with E-state index < -0.39 is 0 Å². The molecule has 0 unspecified atom stereocenters. The largest absolute Gasteiger partial charge is 0.0719 e. The monoisotopic (exact) mass is 424 g/mol. The van der Waals surface area contributed by atoms with E-state index in [1.165, 1.54) is 66.4 Å². The zero-order chi connectivity index (χ0) is 22.7. The zero-order valence-corrected chi connectivity index (χ0v) is 19.7. The number of benzene rings is 5. The molecule has 1 aliphatic carbocycles. The first kappa shape index (κ1) is 20.0. The molecule has 0 aromatic heterocycles. The summed E-state index contributed by atoms with van der Waals surface area (Å²) in [5.74, 6) is 0. The molecular weight excluding hydrogens is 396 g/mol. The average molecular weight is 425 g/mol. The number of hydrogen-bond donors (Lipinski definition) is 0. The van der Waals surface area contributed by atoms with Crippen LogP contribution in [0.25, 0.3) is 21.9 Å². The van der Waals surface area contributed by atoms with Gasteiger partial charge in [-0.2, -0.15) is 0 Å². The van der Waals surface area contributed by atoms with E-state index >= 15 is 0 Å². The molecule has 0 heteroatoms. The molecule has 0 aliphatic heterocycles. The normalized spacial score (nSPS) is 13.7. The molecule has 33 heavy (non-hydrogen) atoms. The van der Waals surface area contributed by atoms with E-state index in [9.17, 15) is 0 Å².